The van der Waals surface area contributed by atoms with Crippen LogP contribution in [0.3, 0.4) is 0 Å². The van der Waals surface area contributed by atoms with Gasteiger partial charge in [0, 0.05) is 25.2 Å². The molecule has 1 aliphatic rings. The number of amides is 1. The summed E-state index contributed by atoms with van der Waals surface area (Å²) in [6.45, 7) is 0.436. The van der Waals surface area contributed by atoms with Crippen LogP contribution < -0.4 is 10.1 Å². The molecule has 4 nitrogen and oxygen atoms in total. The molecule has 1 saturated carbocycles. The minimum absolute atomic E-state index is 0.0562. The molecule has 0 spiro atoms. The molecule has 5 heteroatoms. The molecule has 1 heterocycles. The second kappa shape index (κ2) is 8.60. The lowest BCUT2D eigenvalue weighted by atomic mass is 10.1. The lowest BCUT2D eigenvalue weighted by Crippen LogP contribution is -2.23. The SMILES string of the molecule is O=C(CCc1cccc(F)c1)NCc1ccnc(OC2CCCC2)c1. The third kappa shape index (κ3) is 5.55. The Morgan fingerprint density at radius 2 is 2.04 bits per heavy atom. The average Bonchev–Trinajstić information content (AvgIpc) is 3.11. The molecule has 3 rings (SSSR count). The second-order valence-electron chi connectivity index (χ2n) is 6.43. The molecule has 0 radical (unpaired) electrons. The molecule has 25 heavy (non-hydrogen) atoms. The number of carbonyl (C=O) groups excluding carboxylic acids is 1. The van der Waals surface area contributed by atoms with Gasteiger partial charge in [0.15, 0.2) is 0 Å². The normalized spacial score (nSPS) is 14.4. The average molecular weight is 342 g/mol. The summed E-state index contributed by atoms with van der Waals surface area (Å²) in [4.78, 5) is 16.2. The number of carbonyl (C=O) groups is 1. The first-order valence-electron chi connectivity index (χ1n) is 8.82. The molecule has 0 saturated heterocycles. The zero-order chi connectivity index (χ0) is 17.5. The maximum absolute atomic E-state index is 13.1. The van der Waals surface area contributed by atoms with Crippen LogP contribution in [0, 0.1) is 5.82 Å². The summed E-state index contributed by atoms with van der Waals surface area (Å²) in [5.41, 5.74) is 1.79. The first-order valence-corrected chi connectivity index (χ1v) is 8.82. The molecule has 1 amide bonds. The maximum Gasteiger partial charge on any atom is 0.220 e. The van der Waals surface area contributed by atoms with E-state index in [1.807, 2.05) is 18.2 Å². The Kier molecular flexibility index (Phi) is 5.99. The number of hydrogen-bond donors (Lipinski definition) is 1. The van der Waals surface area contributed by atoms with Gasteiger partial charge in [-0.15, -0.1) is 0 Å². The lowest BCUT2D eigenvalue weighted by molar-refractivity contribution is -0.121. The number of rotatable bonds is 7. The Morgan fingerprint density at radius 1 is 1.20 bits per heavy atom. The van der Waals surface area contributed by atoms with E-state index in [-0.39, 0.29) is 17.8 Å². The Balaban J connectivity index is 1.45. The van der Waals surface area contributed by atoms with E-state index in [1.165, 1.54) is 25.0 Å². The van der Waals surface area contributed by atoms with Crippen LogP contribution in [0.25, 0.3) is 0 Å². The van der Waals surface area contributed by atoms with Crippen molar-refractivity contribution in [1.82, 2.24) is 10.3 Å². The van der Waals surface area contributed by atoms with Crippen LogP contribution in [0.1, 0.15) is 43.2 Å². The summed E-state index contributed by atoms with van der Waals surface area (Å²) in [7, 11) is 0. The Morgan fingerprint density at radius 3 is 2.84 bits per heavy atom. The van der Waals surface area contributed by atoms with Crippen LogP contribution in [0.5, 0.6) is 5.88 Å². The number of benzene rings is 1. The molecule has 1 aliphatic carbocycles. The number of aromatic nitrogens is 1. The van der Waals surface area contributed by atoms with Gasteiger partial charge in [0.1, 0.15) is 11.9 Å². The number of ether oxygens (including phenoxy) is 1. The molecule has 0 aliphatic heterocycles. The van der Waals surface area contributed by atoms with Gasteiger partial charge in [-0.25, -0.2) is 9.37 Å². The topological polar surface area (TPSA) is 51.2 Å². The predicted octanol–water partition coefficient (Wildman–Crippen LogP) is 3.79. The Bertz CT molecular complexity index is 714. The van der Waals surface area contributed by atoms with Crippen LogP contribution in [0.15, 0.2) is 42.6 Å². The van der Waals surface area contributed by atoms with Crippen molar-refractivity contribution in [2.75, 3.05) is 0 Å². The maximum atomic E-state index is 13.1. The van der Waals surface area contributed by atoms with Crippen molar-refractivity contribution in [2.24, 2.45) is 0 Å². The van der Waals surface area contributed by atoms with Gasteiger partial charge in [0.2, 0.25) is 11.8 Å². The van der Waals surface area contributed by atoms with Crippen LogP contribution in [-0.4, -0.2) is 17.0 Å². The van der Waals surface area contributed by atoms with E-state index < -0.39 is 0 Å². The number of pyridine rings is 1. The standard InChI is InChI=1S/C20H23FN2O2/c21-17-5-3-4-15(12-17)8-9-19(24)23-14-16-10-11-22-20(13-16)25-18-6-1-2-7-18/h3-5,10-13,18H,1-2,6-9,14H2,(H,23,24). The van der Waals surface area contributed by atoms with E-state index in [1.54, 1.807) is 12.3 Å². The number of hydrogen-bond acceptors (Lipinski definition) is 3. The number of aryl methyl sites for hydroxylation is 1. The zero-order valence-electron chi connectivity index (χ0n) is 14.2. The minimum atomic E-state index is -0.274. The van der Waals surface area contributed by atoms with Gasteiger partial charge in [-0.2, -0.15) is 0 Å². The Labute approximate surface area is 147 Å². The highest BCUT2D eigenvalue weighted by Gasteiger charge is 2.17. The molecule has 0 bridgehead atoms. The summed E-state index contributed by atoms with van der Waals surface area (Å²) in [5, 5.41) is 2.89. The van der Waals surface area contributed by atoms with Gasteiger partial charge in [-0.1, -0.05) is 12.1 Å². The Hall–Kier alpha value is -2.43. The molecule has 1 fully saturated rings. The van der Waals surface area contributed by atoms with Gasteiger partial charge in [-0.05, 0) is 61.4 Å². The quantitative estimate of drug-likeness (QED) is 0.833. The largest absolute Gasteiger partial charge is 0.474 e. The molecule has 132 valence electrons. The monoisotopic (exact) mass is 342 g/mol. The molecular formula is C20H23FN2O2. The first kappa shape index (κ1) is 17.4. The number of nitrogens with one attached hydrogen (secondary N) is 1. The van der Waals surface area contributed by atoms with Gasteiger partial charge < -0.3 is 10.1 Å². The van der Waals surface area contributed by atoms with Crippen molar-refractivity contribution in [1.29, 1.82) is 0 Å². The molecule has 1 aromatic carbocycles. The third-order valence-corrected chi connectivity index (χ3v) is 4.41. The summed E-state index contributed by atoms with van der Waals surface area (Å²) < 4.78 is 19.0. The van der Waals surface area contributed by atoms with Crippen molar-refractivity contribution >= 4 is 5.91 Å². The fraction of sp³-hybridized carbons (Fsp3) is 0.400. The van der Waals surface area contributed by atoms with Gasteiger partial charge >= 0.3 is 0 Å². The fourth-order valence-electron chi connectivity index (χ4n) is 3.04. The summed E-state index contributed by atoms with van der Waals surface area (Å²) >= 11 is 0. The van der Waals surface area contributed by atoms with E-state index >= 15 is 0 Å². The highest BCUT2D eigenvalue weighted by atomic mass is 19.1. The molecule has 0 atom stereocenters. The molecule has 1 aromatic heterocycles. The summed E-state index contributed by atoms with van der Waals surface area (Å²) in [6, 6.07) is 10.1. The molecule has 0 unspecified atom stereocenters. The molecule has 2 aromatic rings. The van der Waals surface area contributed by atoms with E-state index in [0.717, 1.165) is 24.0 Å². The predicted molar refractivity (Wildman–Crippen MR) is 93.7 cm³/mol. The van der Waals surface area contributed by atoms with Crippen LogP contribution >= 0.6 is 0 Å². The van der Waals surface area contributed by atoms with Gasteiger partial charge in [0.05, 0.1) is 0 Å². The molecule has 1 N–H and O–H groups in total. The third-order valence-electron chi connectivity index (χ3n) is 4.41. The van der Waals surface area contributed by atoms with E-state index in [0.29, 0.717) is 25.3 Å². The summed E-state index contributed by atoms with van der Waals surface area (Å²) in [5.74, 6) is 0.294. The minimum Gasteiger partial charge on any atom is -0.474 e. The first-order chi connectivity index (χ1) is 12.2. The lowest BCUT2D eigenvalue weighted by Gasteiger charge is -2.13. The highest BCUT2D eigenvalue weighted by Crippen LogP contribution is 2.23. The van der Waals surface area contributed by atoms with Crippen molar-refractivity contribution in [2.45, 2.75) is 51.2 Å². The highest BCUT2D eigenvalue weighted by molar-refractivity contribution is 5.76. The number of nitrogens with zero attached hydrogens (tertiary/aromatic N) is 1. The van der Waals surface area contributed by atoms with E-state index in [2.05, 4.69) is 10.3 Å². The fourth-order valence-corrected chi connectivity index (χ4v) is 3.04. The zero-order valence-corrected chi connectivity index (χ0v) is 14.2. The van der Waals surface area contributed by atoms with Crippen molar-refractivity contribution in [3.8, 4) is 5.88 Å². The van der Waals surface area contributed by atoms with Crippen LogP contribution in [0.4, 0.5) is 4.39 Å². The molecular weight excluding hydrogens is 319 g/mol. The number of halogens is 1. The van der Waals surface area contributed by atoms with Crippen LogP contribution in [0.2, 0.25) is 0 Å². The van der Waals surface area contributed by atoms with Crippen molar-refractivity contribution in [3.63, 3.8) is 0 Å². The van der Waals surface area contributed by atoms with Gasteiger partial charge in [0.25, 0.3) is 0 Å². The van der Waals surface area contributed by atoms with E-state index in [4.69, 9.17) is 4.74 Å². The second-order valence-corrected chi connectivity index (χ2v) is 6.43. The smallest absolute Gasteiger partial charge is 0.220 e. The summed E-state index contributed by atoms with van der Waals surface area (Å²) in [6.07, 6.45) is 7.43. The van der Waals surface area contributed by atoms with Crippen molar-refractivity contribution in [3.05, 3.63) is 59.5 Å². The van der Waals surface area contributed by atoms with E-state index in [9.17, 15) is 9.18 Å². The van der Waals surface area contributed by atoms with Gasteiger partial charge in [-0.3, -0.25) is 4.79 Å². The van der Waals surface area contributed by atoms with Crippen molar-refractivity contribution < 1.29 is 13.9 Å². The van der Waals surface area contributed by atoms with Crippen LogP contribution in [-0.2, 0) is 17.8 Å².